The van der Waals surface area contributed by atoms with E-state index in [1.54, 1.807) is 24.4 Å². The number of hydrogen-bond acceptors (Lipinski definition) is 5. The van der Waals surface area contributed by atoms with Crippen LogP contribution in [0.2, 0.25) is 0 Å². The lowest BCUT2D eigenvalue weighted by atomic mass is 10.1. The zero-order valence-electron chi connectivity index (χ0n) is 18.3. The molecule has 0 saturated carbocycles. The average molecular weight is 438 g/mol. The number of methoxy groups -OCH3 is 2. The molecule has 1 amide bonds. The number of aromatic nitrogens is 1. The largest absolute Gasteiger partial charge is 0.497 e. The molecule has 0 saturated heterocycles. The molecule has 0 aliphatic heterocycles. The van der Waals surface area contributed by atoms with Crippen molar-refractivity contribution < 1.29 is 14.3 Å². The van der Waals surface area contributed by atoms with E-state index < -0.39 is 0 Å². The molecular weight excluding hydrogens is 416 g/mol. The van der Waals surface area contributed by atoms with Crippen LogP contribution >= 0.6 is 0 Å². The zero-order valence-corrected chi connectivity index (χ0v) is 18.3. The molecule has 0 fully saturated rings. The van der Waals surface area contributed by atoms with Crippen LogP contribution in [0.15, 0.2) is 78.0 Å². The standard InChI is InChI=1S/C26H22N4O3/c1-32-22-11-20(12-23(13-22)33-2)26(31)29-28-15-21-17-30(25-6-4-3-5-24(21)25)16-19-9-7-18(14-27)8-10-19/h3-13,15,17H,16H2,1-2H3,(H,29,31)/b28-15-. The fourth-order valence-corrected chi connectivity index (χ4v) is 3.55. The molecule has 0 aliphatic carbocycles. The van der Waals surface area contributed by atoms with Gasteiger partial charge in [-0.1, -0.05) is 30.3 Å². The Morgan fingerprint density at radius 1 is 1.06 bits per heavy atom. The molecule has 33 heavy (non-hydrogen) atoms. The van der Waals surface area contributed by atoms with Gasteiger partial charge in [-0.25, -0.2) is 5.43 Å². The maximum atomic E-state index is 12.6. The molecule has 7 nitrogen and oxygen atoms in total. The minimum Gasteiger partial charge on any atom is -0.497 e. The van der Waals surface area contributed by atoms with E-state index in [0.717, 1.165) is 22.0 Å². The van der Waals surface area contributed by atoms with Gasteiger partial charge in [-0.05, 0) is 35.9 Å². The summed E-state index contributed by atoms with van der Waals surface area (Å²) in [6, 6.07) is 22.6. The molecule has 4 aromatic rings. The molecule has 164 valence electrons. The number of nitrogens with zero attached hydrogens (tertiary/aromatic N) is 3. The molecule has 3 aromatic carbocycles. The van der Waals surface area contributed by atoms with Crippen molar-refractivity contribution in [1.29, 1.82) is 5.26 Å². The molecule has 0 bridgehead atoms. The number of ether oxygens (including phenoxy) is 2. The van der Waals surface area contributed by atoms with Crippen LogP contribution in [0.4, 0.5) is 0 Å². The van der Waals surface area contributed by atoms with E-state index in [1.165, 1.54) is 14.2 Å². The number of para-hydroxylation sites is 1. The summed E-state index contributed by atoms with van der Waals surface area (Å²) in [5.74, 6) is 0.675. The molecule has 1 heterocycles. The van der Waals surface area contributed by atoms with Crippen LogP contribution in [0.25, 0.3) is 10.9 Å². The predicted octanol–water partition coefficient (Wildman–Crippen LogP) is 4.34. The first-order valence-corrected chi connectivity index (χ1v) is 10.2. The van der Waals surface area contributed by atoms with Crippen molar-refractivity contribution >= 4 is 23.0 Å². The Balaban J connectivity index is 1.55. The SMILES string of the molecule is COc1cc(OC)cc(C(=O)N/N=C\c2cn(Cc3ccc(C#N)cc3)c3ccccc23)c1. The Kier molecular flexibility index (Phi) is 6.37. The molecule has 1 N–H and O–H groups in total. The lowest BCUT2D eigenvalue weighted by Crippen LogP contribution is -2.17. The van der Waals surface area contributed by atoms with E-state index in [9.17, 15) is 4.79 Å². The van der Waals surface area contributed by atoms with Crippen molar-refractivity contribution in [2.75, 3.05) is 14.2 Å². The van der Waals surface area contributed by atoms with Gasteiger partial charge in [0, 0.05) is 40.8 Å². The van der Waals surface area contributed by atoms with Crippen molar-refractivity contribution in [2.45, 2.75) is 6.54 Å². The monoisotopic (exact) mass is 438 g/mol. The van der Waals surface area contributed by atoms with Crippen LogP contribution in [-0.4, -0.2) is 30.9 Å². The van der Waals surface area contributed by atoms with E-state index in [-0.39, 0.29) is 5.91 Å². The van der Waals surface area contributed by atoms with Crippen LogP contribution < -0.4 is 14.9 Å². The second-order valence-corrected chi connectivity index (χ2v) is 7.34. The van der Waals surface area contributed by atoms with E-state index in [0.29, 0.717) is 29.2 Å². The Morgan fingerprint density at radius 3 is 2.42 bits per heavy atom. The van der Waals surface area contributed by atoms with Crippen molar-refractivity contribution in [3.8, 4) is 17.6 Å². The first-order valence-electron chi connectivity index (χ1n) is 10.2. The maximum absolute atomic E-state index is 12.6. The molecule has 4 rings (SSSR count). The van der Waals surface area contributed by atoms with Crippen LogP contribution in [0.1, 0.15) is 27.0 Å². The summed E-state index contributed by atoms with van der Waals surface area (Å²) in [4.78, 5) is 12.6. The van der Waals surface area contributed by atoms with Crippen LogP contribution in [0, 0.1) is 11.3 Å². The third-order valence-corrected chi connectivity index (χ3v) is 5.24. The molecule has 1 aromatic heterocycles. The van der Waals surface area contributed by atoms with E-state index in [1.807, 2.05) is 54.7 Å². The Hall–Kier alpha value is -4.57. The zero-order chi connectivity index (χ0) is 23.2. The number of nitriles is 1. The molecule has 0 aliphatic rings. The molecule has 0 spiro atoms. The fraction of sp³-hybridized carbons (Fsp3) is 0.115. The van der Waals surface area contributed by atoms with Crippen molar-refractivity contribution in [2.24, 2.45) is 5.10 Å². The van der Waals surface area contributed by atoms with Gasteiger partial charge in [0.05, 0.1) is 32.1 Å². The van der Waals surface area contributed by atoms with E-state index in [4.69, 9.17) is 14.7 Å². The Bertz CT molecular complexity index is 1340. The second-order valence-electron chi connectivity index (χ2n) is 7.34. The highest BCUT2D eigenvalue weighted by Gasteiger charge is 2.10. The van der Waals surface area contributed by atoms with Gasteiger partial charge in [0.25, 0.3) is 5.91 Å². The van der Waals surface area contributed by atoms with Crippen molar-refractivity contribution in [3.05, 3.63) is 95.2 Å². The Labute approximate surface area is 191 Å². The van der Waals surface area contributed by atoms with Gasteiger partial charge in [-0.3, -0.25) is 4.79 Å². The number of carbonyl (C=O) groups is 1. The number of benzene rings is 3. The van der Waals surface area contributed by atoms with E-state index in [2.05, 4.69) is 21.2 Å². The quantitative estimate of drug-likeness (QED) is 0.343. The minimum absolute atomic E-state index is 0.371. The molecule has 0 unspecified atom stereocenters. The lowest BCUT2D eigenvalue weighted by Gasteiger charge is -2.07. The van der Waals surface area contributed by atoms with Gasteiger partial charge in [-0.15, -0.1) is 0 Å². The fourth-order valence-electron chi connectivity index (χ4n) is 3.55. The minimum atomic E-state index is -0.371. The first kappa shape index (κ1) is 21.7. The van der Waals surface area contributed by atoms with Gasteiger partial charge in [0.2, 0.25) is 0 Å². The van der Waals surface area contributed by atoms with Gasteiger partial charge in [0.15, 0.2) is 0 Å². The number of amides is 1. The van der Waals surface area contributed by atoms with Gasteiger partial charge >= 0.3 is 0 Å². The third-order valence-electron chi connectivity index (χ3n) is 5.24. The highest BCUT2D eigenvalue weighted by molar-refractivity contribution is 6.00. The summed E-state index contributed by atoms with van der Waals surface area (Å²) >= 11 is 0. The highest BCUT2D eigenvalue weighted by Crippen LogP contribution is 2.23. The number of rotatable bonds is 7. The number of nitrogens with one attached hydrogen (secondary N) is 1. The number of hydrogen-bond donors (Lipinski definition) is 1. The van der Waals surface area contributed by atoms with Crippen LogP contribution in [-0.2, 0) is 6.54 Å². The second kappa shape index (κ2) is 9.71. The predicted molar refractivity (Wildman–Crippen MR) is 127 cm³/mol. The van der Waals surface area contributed by atoms with Gasteiger partial charge in [0.1, 0.15) is 11.5 Å². The molecule has 0 atom stereocenters. The maximum Gasteiger partial charge on any atom is 0.271 e. The molecule has 0 radical (unpaired) electrons. The van der Waals surface area contributed by atoms with Crippen LogP contribution in [0.5, 0.6) is 11.5 Å². The number of hydrazone groups is 1. The highest BCUT2D eigenvalue weighted by atomic mass is 16.5. The van der Waals surface area contributed by atoms with Crippen molar-refractivity contribution in [3.63, 3.8) is 0 Å². The summed E-state index contributed by atoms with van der Waals surface area (Å²) in [6.45, 7) is 0.649. The summed E-state index contributed by atoms with van der Waals surface area (Å²) in [6.07, 6.45) is 3.63. The lowest BCUT2D eigenvalue weighted by molar-refractivity contribution is 0.0954. The number of carbonyl (C=O) groups excluding carboxylic acids is 1. The van der Waals surface area contributed by atoms with Crippen LogP contribution in [0.3, 0.4) is 0 Å². The molecule has 7 heteroatoms. The smallest absolute Gasteiger partial charge is 0.271 e. The number of fused-ring (bicyclic) bond motifs is 1. The normalized spacial score (nSPS) is 10.8. The topological polar surface area (TPSA) is 88.6 Å². The summed E-state index contributed by atoms with van der Waals surface area (Å²) in [7, 11) is 3.06. The Morgan fingerprint density at radius 2 is 1.76 bits per heavy atom. The molecular formula is C26H22N4O3. The summed E-state index contributed by atoms with van der Waals surface area (Å²) < 4.78 is 12.6. The summed E-state index contributed by atoms with van der Waals surface area (Å²) in [5, 5.41) is 14.2. The van der Waals surface area contributed by atoms with Gasteiger partial charge < -0.3 is 14.0 Å². The third kappa shape index (κ3) is 4.86. The van der Waals surface area contributed by atoms with E-state index >= 15 is 0 Å². The van der Waals surface area contributed by atoms with Crippen molar-refractivity contribution in [1.82, 2.24) is 9.99 Å². The average Bonchev–Trinajstić information content (AvgIpc) is 3.21. The van der Waals surface area contributed by atoms with Gasteiger partial charge in [-0.2, -0.15) is 10.4 Å². The first-order chi connectivity index (χ1) is 16.1. The summed E-state index contributed by atoms with van der Waals surface area (Å²) in [5.41, 5.74) is 6.59.